The molecule has 5 heterocycles. The summed E-state index contributed by atoms with van der Waals surface area (Å²) in [4.78, 5) is 31.5. The number of benzene rings is 2. The minimum atomic E-state index is -1.11. The van der Waals surface area contributed by atoms with Gasteiger partial charge in [0.25, 0.3) is 5.91 Å². The van der Waals surface area contributed by atoms with Gasteiger partial charge in [-0.25, -0.2) is 13.2 Å². The third-order valence-corrected chi connectivity index (χ3v) is 9.64. The zero-order valence-corrected chi connectivity index (χ0v) is 26.6. The minimum absolute atomic E-state index is 0.0608. The molecule has 3 saturated heterocycles. The van der Waals surface area contributed by atoms with E-state index in [1.807, 2.05) is 0 Å². The number of ether oxygens (including phenoxy) is 2. The first-order valence-corrected chi connectivity index (χ1v) is 16.1. The lowest BCUT2D eigenvalue weighted by atomic mass is 10.0. The molecule has 2 bridgehead atoms. The SMILES string of the molecule is C=C(F)C(=O)N1CCN(c2nc(OCCCN3C[C@@H]4CC3CO4)nc3c(F)c(-c4cccc5ccc(F)c(Cl)c45)ncc23)C[C@@H]1CC#N. The van der Waals surface area contributed by atoms with Crippen LogP contribution in [0.25, 0.3) is 32.9 Å². The fourth-order valence-electron chi connectivity index (χ4n) is 6.96. The summed E-state index contributed by atoms with van der Waals surface area (Å²) in [5.74, 6) is -3.13. The molecule has 7 rings (SSSR count). The molecule has 2 aromatic carbocycles. The molecule has 3 aliphatic heterocycles. The van der Waals surface area contributed by atoms with E-state index in [-0.39, 0.29) is 77.8 Å². The average Bonchev–Trinajstić information content (AvgIpc) is 3.72. The number of halogens is 4. The Balaban J connectivity index is 1.25. The number of aromatic nitrogens is 3. The Hall–Kier alpha value is -4.51. The Morgan fingerprint density at radius 2 is 2.04 bits per heavy atom. The van der Waals surface area contributed by atoms with Crippen molar-refractivity contribution >= 4 is 45.0 Å². The normalized spacial score (nSPS) is 20.9. The number of piperazine rings is 1. The Kier molecular flexibility index (Phi) is 8.80. The maximum Gasteiger partial charge on any atom is 0.319 e. The number of hydrogen-bond acceptors (Lipinski definition) is 9. The first-order valence-electron chi connectivity index (χ1n) is 15.7. The number of likely N-dealkylation sites (tertiary alicyclic amines) is 1. The number of nitriles is 1. The monoisotopic (exact) mass is 677 g/mol. The van der Waals surface area contributed by atoms with E-state index < -0.39 is 29.4 Å². The predicted octanol–water partition coefficient (Wildman–Crippen LogP) is 5.43. The molecular weight excluding hydrogens is 647 g/mol. The summed E-state index contributed by atoms with van der Waals surface area (Å²) in [6.07, 6.45) is 3.37. The second-order valence-electron chi connectivity index (χ2n) is 12.2. The predicted molar refractivity (Wildman–Crippen MR) is 173 cm³/mol. The number of rotatable bonds is 9. The van der Waals surface area contributed by atoms with Crippen LogP contribution in [-0.4, -0.2) is 94.8 Å². The van der Waals surface area contributed by atoms with Gasteiger partial charge < -0.3 is 19.3 Å². The van der Waals surface area contributed by atoms with Crippen LogP contribution >= 0.6 is 11.6 Å². The lowest BCUT2D eigenvalue weighted by Gasteiger charge is -2.41. The van der Waals surface area contributed by atoms with Crippen molar-refractivity contribution in [2.75, 3.05) is 50.8 Å². The van der Waals surface area contributed by atoms with Crippen LogP contribution in [0.4, 0.5) is 19.0 Å². The van der Waals surface area contributed by atoms with Crippen molar-refractivity contribution in [3.63, 3.8) is 0 Å². The van der Waals surface area contributed by atoms with Gasteiger partial charge in [-0.3, -0.25) is 14.7 Å². The van der Waals surface area contributed by atoms with Crippen molar-refractivity contribution in [1.82, 2.24) is 24.8 Å². The highest BCUT2D eigenvalue weighted by atomic mass is 35.5. The van der Waals surface area contributed by atoms with Gasteiger partial charge in [0.05, 0.1) is 48.3 Å². The summed E-state index contributed by atoms with van der Waals surface area (Å²) in [6.45, 7) is 6.20. The van der Waals surface area contributed by atoms with Crippen LogP contribution in [0.15, 0.2) is 48.9 Å². The van der Waals surface area contributed by atoms with Gasteiger partial charge in [-0.1, -0.05) is 42.4 Å². The van der Waals surface area contributed by atoms with Crippen LogP contribution in [0, 0.1) is 23.0 Å². The number of amides is 1. The quantitative estimate of drug-likeness (QED) is 0.169. The molecule has 4 aromatic rings. The molecule has 0 aliphatic carbocycles. The van der Waals surface area contributed by atoms with Crippen molar-refractivity contribution in [1.29, 1.82) is 5.26 Å². The second-order valence-corrected chi connectivity index (χ2v) is 12.6. The summed E-state index contributed by atoms with van der Waals surface area (Å²) in [5.41, 5.74) is 0.128. The number of anilines is 1. The van der Waals surface area contributed by atoms with Gasteiger partial charge in [0.15, 0.2) is 11.6 Å². The van der Waals surface area contributed by atoms with Crippen LogP contribution in [0.5, 0.6) is 6.01 Å². The van der Waals surface area contributed by atoms with E-state index in [2.05, 4.69) is 32.5 Å². The van der Waals surface area contributed by atoms with E-state index in [9.17, 15) is 18.8 Å². The maximum absolute atomic E-state index is 16.6. The number of carbonyl (C=O) groups is 1. The zero-order chi connectivity index (χ0) is 33.5. The number of morpholine rings is 1. The van der Waals surface area contributed by atoms with E-state index in [0.29, 0.717) is 23.2 Å². The van der Waals surface area contributed by atoms with Crippen molar-refractivity contribution in [3.05, 3.63) is 65.6 Å². The standard InChI is InChI=1S/C34H31ClF3N7O3/c1-19(36)33(46)45-12-11-44(16-21(45)8-9-39)32-25-15-40-30(24-5-2-4-20-6-7-26(37)28(35)27(20)24)29(38)31(25)41-34(42-32)47-13-3-10-43-17-23-14-22(43)18-48-23/h2,4-7,15,21-23H,1,3,8,10-14,16-18H2/t21-,22?,23-/m0/s1. The van der Waals surface area contributed by atoms with Crippen LogP contribution in [-0.2, 0) is 9.53 Å². The molecule has 1 amide bonds. The summed E-state index contributed by atoms with van der Waals surface area (Å²) in [6, 6.07) is 9.61. The molecule has 0 spiro atoms. The zero-order valence-electron chi connectivity index (χ0n) is 25.8. The summed E-state index contributed by atoms with van der Waals surface area (Å²) in [5, 5.41) is 10.5. The van der Waals surface area contributed by atoms with Gasteiger partial charge in [0, 0.05) is 55.9 Å². The van der Waals surface area contributed by atoms with Gasteiger partial charge in [-0.05, 0) is 24.3 Å². The largest absolute Gasteiger partial charge is 0.463 e. The van der Waals surface area contributed by atoms with Gasteiger partial charge in [-0.15, -0.1) is 0 Å². The molecule has 3 atom stereocenters. The van der Waals surface area contributed by atoms with Gasteiger partial charge in [-0.2, -0.15) is 15.2 Å². The van der Waals surface area contributed by atoms with Gasteiger partial charge >= 0.3 is 6.01 Å². The Bertz CT molecular complexity index is 1970. The summed E-state index contributed by atoms with van der Waals surface area (Å²) < 4.78 is 56.7. The maximum atomic E-state index is 16.6. The van der Waals surface area contributed by atoms with E-state index in [1.165, 1.54) is 17.2 Å². The first-order chi connectivity index (χ1) is 23.2. The molecule has 2 aromatic heterocycles. The topological polar surface area (TPSA) is 108 Å². The third-order valence-electron chi connectivity index (χ3n) is 9.27. The highest BCUT2D eigenvalue weighted by molar-refractivity contribution is 6.36. The Morgan fingerprint density at radius 1 is 1.19 bits per heavy atom. The lowest BCUT2D eigenvalue weighted by Crippen LogP contribution is -2.55. The molecule has 10 nitrogen and oxygen atoms in total. The second kappa shape index (κ2) is 13.2. The van der Waals surface area contributed by atoms with E-state index in [1.54, 1.807) is 29.2 Å². The fourth-order valence-corrected chi connectivity index (χ4v) is 7.23. The number of pyridine rings is 1. The molecule has 0 N–H and O–H groups in total. The Morgan fingerprint density at radius 3 is 2.79 bits per heavy atom. The summed E-state index contributed by atoms with van der Waals surface area (Å²) in [7, 11) is 0. The molecule has 3 aliphatic rings. The van der Waals surface area contributed by atoms with Crippen LogP contribution in [0.1, 0.15) is 19.3 Å². The van der Waals surface area contributed by atoms with Gasteiger partial charge in [0.1, 0.15) is 22.8 Å². The lowest BCUT2D eigenvalue weighted by molar-refractivity contribution is -0.131. The van der Waals surface area contributed by atoms with Crippen LogP contribution < -0.4 is 9.64 Å². The number of nitrogens with zero attached hydrogens (tertiary/aromatic N) is 7. The fraction of sp³-hybridized carbons (Fsp3) is 0.382. The molecule has 3 fully saturated rings. The average molecular weight is 678 g/mol. The molecule has 1 unspecified atom stereocenters. The Labute approximate surface area is 279 Å². The van der Waals surface area contributed by atoms with Crippen molar-refractivity contribution in [2.24, 2.45) is 0 Å². The van der Waals surface area contributed by atoms with E-state index >= 15 is 4.39 Å². The summed E-state index contributed by atoms with van der Waals surface area (Å²) >= 11 is 6.37. The first kappa shape index (κ1) is 32.1. The van der Waals surface area contributed by atoms with Crippen molar-refractivity contribution < 1.29 is 27.4 Å². The number of hydrogen-bond donors (Lipinski definition) is 0. The molecular formula is C34H31ClF3N7O3. The van der Waals surface area contributed by atoms with Crippen LogP contribution in [0.2, 0.25) is 5.02 Å². The third kappa shape index (κ3) is 5.89. The van der Waals surface area contributed by atoms with E-state index in [4.69, 9.17) is 21.1 Å². The van der Waals surface area contributed by atoms with Crippen molar-refractivity contribution in [3.8, 4) is 23.3 Å². The van der Waals surface area contributed by atoms with Gasteiger partial charge in [0.2, 0.25) is 0 Å². The highest BCUT2D eigenvalue weighted by Gasteiger charge is 2.38. The highest BCUT2D eigenvalue weighted by Crippen LogP contribution is 2.38. The molecule has 0 saturated carbocycles. The van der Waals surface area contributed by atoms with Crippen LogP contribution in [0.3, 0.4) is 0 Å². The molecule has 14 heteroatoms. The minimum Gasteiger partial charge on any atom is -0.463 e. The van der Waals surface area contributed by atoms with Crippen molar-refractivity contribution in [2.45, 2.75) is 37.5 Å². The number of carbonyl (C=O) groups excluding carboxylic acids is 1. The molecule has 248 valence electrons. The molecule has 48 heavy (non-hydrogen) atoms. The molecule has 0 radical (unpaired) electrons. The number of fused-ring (bicyclic) bond motifs is 4. The van der Waals surface area contributed by atoms with E-state index in [0.717, 1.165) is 26.1 Å². The smallest absolute Gasteiger partial charge is 0.319 e.